The summed E-state index contributed by atoms with van der Waals surface area (Å²) in [5.74, 6) is 2.87. The minimum Gasteiger partial charge on any atom is -0.496 e. The fourth-order valence-electron chi connectivity index (χ4n) is 6.24. The minimum absolute atomic E-state index is 0.451. The van der Waals surface area contributed by atoms with Crippen LogP contribution in [-0.2, 0) is 11.2 Å². The van der Waals surface area contributed by atoms with Crippen LogP contribution in [0.5, 0.6) is 11.5 Å². The van der Waals surface area contributed by atoms with Crippen LogP contribution >= 0.6 is 0 Å². The average molecular weight is 639 g/mol. The van der Waals surface area contributed by atoms with Gasteiger partial charge in [0.2, 0.25) is 5.95 Å². The Morgan fingerprint density at radius 1 is 0.854 bits per heavy atom. The zero-order valence-corrected chi connectivity index (χ0v) is 26.7. The van der Waals surface area contributed by atoms with Gasteiger partial charge >= 0.3 is 0 Å². The molecule has 0 radical (unpaired) electrons. The second-order valence-electron chi connectivity index (χ2n) is 11.5. The Morgan fingerprint density at radius 2 is 1.71 bits per heavy atom. The third-order valence-electron chi connectivity index (χ3n) is 8.59. The van der Waals surface area contributed by atoms with Crippen molar-refractivity contribution in [2.24, 2.45) is 0 Å². The number of nitrogens with zero attached hydrogens (tertiary/aromatic N) is 6. The number of benzene rings is 3. The van der Waals surface area contributed by atoms with Crippen molar-refractivity contribution in [3.05, 3.63) is 109 Å². The molecule has 5 heterocycles. The molecule has 11 nitrogen and oxygen atoms in total. The van der Waals surface area contributed by atoms with E-state index in [2.05, 4.69) is 48.9 Å². The number of imidazole rings is 2. The van der Waals surface area contributed by atoms with E-state index in [4.69, 9.17) is 29.2 Å². The van der Waals surface area contributed by atoms with Crippen molar-refractivity contribution in [1.29, 1.82) is 0 Å². The number of hydrogen-bond donors (Lipinski definition) is 2. The van der Waals surface area contributed by atoms with Gasteiger partial charge in [0.15, 0.2) is 0 Å². The summed E-state index contributed by atoms with van der Waals surface area (Å²) in [7, 11) is 3.36. The van der Waals surface area contributed by atoms with Crippen LogP contribution in [0.1, 0.15) is 11.4 Å². The minimum atomic E-state index is 0.451. The van der Waals surface area contributed by atoms with Crippen LogP contribution in [0.2, 0.25) is 0 Å². The Hall–Kier alpha value is -5.94. The lowest BCUT2D eigenvalue weighted by atomic mass is 10.1. The van der Waals surface area contributed by atoms with E-state index in [1.807, 2.05) is 66.9 Å². The summed E-state index contributed by atoms with van der Waals surface area (Å²) in [4.78, 5) is 25.2. The third-order valence-corrected chi connectivity index (χ3v) is 8.59. The molecule has 2 N–H and O–H groups in total. The Balaban J connectivity index is 1.13. The SMILES string of the molecule is COc1ccccc1Cc1nc2ccc(-c3nc4ccccn4c3-c3ccnc(Nc4ccc(N5CCOCC5)cc4OC)n3)cc2[nH]1. The van der Waals surface area contributed by atoms with E-state index >= 15 is 0 Å². The molecular formula is C37H34N8O3. The van der Waals surface area contributed by atoms with Gasteiger partial charge in [0, 0.05) is 54.8 Å². The molecule has 0 saturated carbocycles. The molecule has 7 aromatic rings. The number of para-hydroxylation sites is 1. The smallest absolute Gasteiger partial charge is 0.227 e. The van der Waals surface area contributed by atoms with Crippen molar-refractivity contribution in [1.82, 2.24) is 29.3 Å². The summed E-state index contributed by atoms with van der Waals surface area (Å²) < 4.78 is 18.9. The Labute approximate surface area is 277 Å². The lowest BCUT2D eigenvalue weighted by Gasteiger charge is -2.29. The van der Waals surface area contributed by atoms with Crippen LogP contribution in [0.4, 0.5) is 17.3 Å². The van der Waals surface area contributed by atoms with Crippen LogP contribution in [0, 0.1) is 0 Å². The summed E-state index contributed by atoms with van der Waals surface area (Å²) >= 11 is 0. The molecule has 1 saturated heterocycles. The molecule has 0 bridgehead atoms. The number of morpholine rings is 1. The number of anilines is 3. The van der Waals surface area contributed by atoms with Gasteiger partial charge in [0.05, 0.1) is 61.2 Å². The molecule has 0 aliphatic carbocycles. The number of ether oxygens (including phenoxy) is 3. The number of H-pyrrole nitrogens is 1. The molecule has 48 heavy (non-hydrogen) atoms. The number of pyridine rings is 1. The quantitative estimate of drug-likeness (QED) is 0.182. The maximum Gasteiger partial charge on any atom is 0.227 e. The van der Waals surface area contributed by atoms with Crippen LogP contribution in [0.15, 0.2) is 97.3 Å². The van der Waals surface area contributed by atoms with E-state index in [0.717, 1.165) is 94.1 Å². The van der Waals surface area contributed by atoms with Gasteiger partial charge < -0.3 is 29.4 Å². The molecule has 8 rings (SSSR count). The summed E-state index contributed by atoms with van der Waals surface area (Å²) in [5.41, 5.74) is 8.91. The van der Waals surface area contributed by atoms with E-state index in [9.17, 15) is 0 Å². The predicted octanol–water partition coefficient (Wildman–Crippen LogP) is 6.52. The van der Waals surface area contributed by atoms with Crippen LogP contribution in [0.25, 0.3) is 39.3 Å². The number of rotatable bonds is 9. The molecule has 240 valence electrons. The highest BCUT2D eigenvalue weighted by Gasteiger charge is 2.20. The zero-order chi connectivity index (χ0) is 32.5. The average Bonchev–Trinajstić information content (AvgIpc) is 3.73. The Kier molecular flexibility index (Phi) is 7.79. The van der Waals surface area contributed by atoms with Crippen molar-refractivity contribution in [3.8, 4) is 34.1 Å². The van der Waals surface area contributed by atoms with Gasteiger partial charge in [-0.15, -0.1) is 0 Å². The van der Waals surface area contributed by atoms with Crippen molar-refractivity contribution in [3.63, 3.8) is 0 Å². The molecule has 0 atom stereocenters. The number of fused-ring (bicyclic) bond motifs is 2. The molecule has 1 fully saturated rings. The lowest BCUT2D eigenvalue weighted by molar-refractivity contribution is 0.122. The van der Waals surface area contributed by atoms with E-state index in [1.165, 1.54) is 0 Å². The van der Waals surface area contributed by atoms with Gasteiger partial charge in [-0.1, -0.05) is 30.3 Å². The molecule has 0 unspecified atom stereocenters. The highest BCUT2D eigenvalue weighted by molar-refractivity contribution is 5.87. The molecule has 1 aliphatic rings. The van der Waals surface area contributed by atoms with Gasteiger partial charge in [-0.05, 0) is 48.5 Å². The lowest BCUT2D eigenvalue weighted by Crippen LogP contribution is -2.36. The van der Waals surface area contributed by atoms with E-state index in [-0.39, 0.29) is 0 Å². The van der Waals surface area contributed by atoms with Gasteiger partial charge in [-0.25, -0.2) is 19.9 Å². The van der Waals surface area contributed by atoms with Gasteiger partial charge in [0.25, 0.3) is 0 Å². The zero-order valence-electron chi connectivity index (χ0n) is 26.7. The second-order valence-corrected chi connectivity index (χ2v) is 11.5. The molecule has 3 aromatic carbocycles. The topological polar surface area (TPSA) is 115 Å². The molecule has 11 heteroatoms. The standard InChI is InChI=1S/C37H34N8O3/c1-46-31-8-4-3-7-24(31)22-33-39-27-12-10-25(21-30(27)40-33)35-36(45-16-6-5-9-34(45)43-35)29-14-15-38-37(42-29)41-28-13-11-26(23-32(28)47-2)44-17-19-48-20-18-44/h3-16,21,23H,17-20,22H2,1-2H3,(H,39,40)(H,38,41,42). The largest absolute Gasteiger partial charge is 0.496 e. The Bertz CT molecular complexity index is 2240. The van der Waals surface area contributed by atoms with Crippen molar-refractivity contribution in [2.45, 2.75) is 6.42 Å². The van der Waals surface area contributed by atoms with Crippen molar-refractivity contribution < 1.29 is 14.2 Å². The normalized spacial score (nSPS) is 13.2. The summed E-state index contributed by atoms with van der Waals surface area (Å²) in [5, 5.41) is 3.38. The maximum absolute atomic E-state index is 5.76. The summed E-state index contributed by atoms with van der Waals surface area (Å²) in [6, 6.07) is 28.2. The van der Waals surface area contributed by atoms with Gasteiger partial charge in [0.1, 0.15) is 23.0 Å². The first-order chi connectivity index (χ1) is 23.7. The fraction of sp³-hybridized carbons (Fsp3) is 0.189. The first-order valence-corrected chi connectivity index (χ1v) is 15.9. The highest BCUT2D eigenvalue weighted by Crippen LogP contribution is 2.35. The molecule has 0 amide bonds. The number of aromatic nitrogens is 6. The van der Waals surface area contributed by atoms with E-state index < -0.39 is 0 Å². The number of methoxy groups -OCH3 is 2. The first kappa shape index (κ1) is 29.5. The van der Waals surface area contributed by atoms with E-state index in [0.29, 0.717) is 18.1 Å². The summed E-state index contributed by atoms with van der Waals surface area (Å²) in [6.45, 7) is 3.13. The highest BCUT2D eigenvalue weighted by atomic mass is 16.5. The number of aromatic amines is 1. The molecule has 1 aliphatic heterocycles. The molecular weight excluding hydrogens is 604 g/mol. The number of hydrogen-bond acceptors (Lipinski definition) is 9. The predicted molar refractivity (Wildman–Crippen MR) is 186 cm³/mol. The van der Waals surface area contributed by atoms with Gasteiger partial charge in [-0.2, -0.15) is 0 Å². The molecule has 0 spiro atoms. The molecule has 4 aromatic heterocycles. The monoisotopic (exact) mass is 638 g/mol. The van der Waals surface area contributed by atoms with E-state index in [1.54, 1.807) is 20.4 Å². The third kappa shape index (κ3) is 5.64. The maximum atomic E-state index is 5.76. The van der Waals surface area contributed by atoms with Crippen molar-refractivity contribution in [2.75, 3.05) is 50.7 Å². The van der Waals surface area contributed by atoms with Crippen molar-refractivity contribution >= 4 is 34.0 Å². The summed E-state index contributed by atoms with van der Waals surface area (Å²) in [6.07, 6.45) is 4.39. The Morgan fingerprint density at radius 3 is 2.58 bits per heavy atom. The van der Waals surface area contributed by atoms with Crippen LogP contribution in [-0.4, -0.2) is 69.8 Å². The second kappa shape index (κ2) is 12.7. The van der Waals surface area contributed by atoms with Crippen LogP contribution < -0.4 is 19.7 Å². The number of nitrogens with one attached hydrogen (secondary N) is 2. The van der Waals surface area contributed by atoms with Gasteiger partial charge in [-0.3, -0.25) is 4.40 Å². The fourth-order valence-corrected chi connectivity index (χ4v) is 6.24. The first-order valence-electron chi connectivity index (χ1n) is 15.9. The van der Waals surface area contributed by atoms with Crippen LogP contribution in [0.3, 0.4) is 0 Å².